The van der Waals surface area contributed by atoms with Gasteiger partial charge in [-0.05, 0) is 36.4 Å². The fraction of sp³-hybridized carbons (Fsp3) is 0.143. The lowest BCUT2D eigenvalue weighted by atomic mass is 10.1. The first-order valence-corrected chi connectivity index (χ1v) is 9.17. The van der Waals surface area contributed by atoms with Crippen molar-refractivity contribution in [2.24, 2.45) is 0 Å². The zero-order valence-electron chi connectivity index (χ0n) is 16.3. The summed E-state index contributed by atoms with van der Waals surface area (Å²) < 4.78 is 17.2. The molecule has 0 saturated carbocycles. The Labute approximate surface area is 176 Å². The Morgan fingerprint density at radius 1 is 0.833 bits per heavy atom. The lowest BCUT2D eigenvalue weighted by Gasteiger charge is -2.11. The molecule has 0 aliphatic rings. The molecule has 2 aromatic carbocycles. The van der Waals surface area contributed by atoms with Crippen LogP contribution in [0.15, 0.2) is 48.5 Å². The summed E-state index contributed by atoms with van der Waals surface area (Å²) >= 11 is 5.95. The molecule has 0 unspecified atom stereocenters. The minimum Gasteiger partial charge on any atom is -0.426 e. The molecule has 3 aromatic rings. The Hall–Kier alpha value is -3.65. The van der Waals surface area contributed by atoms with Crippen molar-refractivity contribution in [1.29, 1.82) is 0 Å². The Bertz CT molecular complexity index is 1090. The summed E-state index contributed by atoms with van der Waals surface area (Å²) in [4.78, 5) is 34.7. The number of carbonyl (C=O) groups excluding carboxylic acids is 3. The van der Waals surface area contributed by atoms with Gasteiger partial charge in [0.1, 0.15) is 17.2 Å². The van der Waals surface area contributed by atoms with Crippen LogP contribution in [0.25, 0.3) is 16.9 Å². The van der Waals surface area contributed by atoms with Crippen molar-refractivity contribution in [1.82, 2.24) is 9.78 Å². The predicted molar refractivity (Wildman–Crippen MR) is 108 cm³/mol. The summed E-state index contributed by atoms with van der Waals surface area (Å²) in [6.45, 7) is 3.76. The standard InChI is InChI=1S/C21H17ClN2O6/c1-12(25)28-18-5-4-6-19(29-13(2)26)21(18)17-11-20(30-14(3)27)24(23-17)16-9-7-15(22)8-10-16/h4-11H,1-3H3. The van der Waals surface area contributed by atoms with Gasteiger partial charge in [0.05, 0.1) is 11.3 Å². The van der Waals surface area contributed by atoms with E-state index in [9.17, 15) is 14.4 Å². The minimum atomic E-state index is -0.562. The fourth-order valence-electron chi connectivity index (χ4n) is 2.72. The van der Waals surface area contributed by atoms with Crippen molar-refractivity contribution in [2.45, 2.75) is 20.8 Å². The molecule has 1 aromatic heterocycles. The Morgan fingerprint density at radius 2 is 1.37 bits per heavy atom. The number of halogens is 1. The van der Waals surface area contributed by atoms with Crippen LogP contribution >= 0.6 is 11.6 Å². The summed E-state index contributed by atoms with van der Waals surface area (Å²) in [6.07, 6.45) is 0. The second-order valence-corrected chi connectivity index (χ2v) is 6.60. The van der Waals surface area contributed by atoms with Gasteiger partial charge in [-0.3, -0.25) is 14.4 Å². The molecule has 0 aliphatic heterocycles. The maximum Gasteiger partial charge on any atom is 0.309 e. The van der Waals surface area contributed by atoms with Gasteiger partial charge in [0.25, 0.3) is 0 Å². The molecule has 1 heterocycles. The van der Waals surface area contributed by atoms with Gasteiger partial charge in [-0.1, -0.05) is 17.7 Å². The van der Waals surface area contributed by atoms with Crippen LogP contribution in [0.1, 0.15) is 20.8 Å². The molecular formula is C21H17ClN2O6. The minimum absolute atomic E-state index is 0.117. The van der Waals surface area contributed by atoms with Gasteiger partial charge in [-0.2, -0.15) is 5.10 Å². The van der Waals surface area contributed by atoms with Gasteiger partial charge < -0.3 is 14.2 Å². The van der Waals surface area contributed by atoms with E-state index in [1.807, 2.05) is 0 Å². The monoisotopic (exact) mass is 428 g/mol. The summed E-state index contributed by atoms with van der Waals surface area (Å²) in [5, 5.41) is 5.01. The van der Waals surface area contributed by atoms with Crippen LogP contribution in [-0.2, 0) is 14.4 Å². The highest BCUT2D eigenvalue weighted by atomic mass is 35.5. The quantitative estimate of drug-likeness (QED) is 0.448. The van der Waals surface area contributed by atoms with Crippen molar-refractivity contribution in [3.8, 4) is 34.3 Å². The first-order valence-electron chi connectivity index (χ1n) is 8.79. The molecule has 30 heavy (non-hydrogen) atoms. The van der Waals surface area contributed by atoms with E-state index >= 15 is 0 Å². The molecule has 154 valence electrons. The number of aromatic nitrogens is 2. The summed E-state index contributed by atoms with van der Waals surface area (Å²) in [5.74, 6) is -1.29. The highest BCUT2D eigenvalue weighted by molar-refractivity contribution is 6.30. The molecule has 0 N–H and O–H groups in total. The first kappa shape index (κ1) is 21.1. The van der Waals surface area contributed by atoms with E-state index in [1.54, 1.807) is 30.3 Å². The molecular weight excluding hydrogens is 412 g/mol. The number of esters is 3. The maximum absolute atomic E-state index is 11.6. The van der Waals surface area contributed by atoms with Crippen LogP contribution in [0.4, 0.5) is 0 Å². The van der Waals surface area contributed by atoms with Crippen molar-refractivity contribution >= 4 is 29.5 Å². The molecule has 3 rings (SSSR count). The van der Waals surface area contributed by atoms with Crippen LogP contribution in [0, 0.1) is 0 Å². The number of rotatable bonds is 5. The third-order valence-corrected chi connectivity index (χ3v) is 4.00. The van der Waals surface area contributed by atoms with Gasteiger partial charge in [-0.25, -0.2) is 4.68 Å². The maximum atomic E-state index is 11.6. The third kappa shape index (κ3) is 4.84. The number of hydrogen-bond acceptors (Lipinski definition) is 7. The lowest BCUT2D eigenvalue weighted by Crippen LogP contribution is -2.07. The number of nitrogens with zero attached hydrogens (tertiary/aromatic N) is 2. The van der Waals surface area contributed by atoms with Crippen molar-refractivity contribution < 1.29 is 28.6 Å². The van der Waals surface area contributed by atoms with Crippen molar-refractivity contribution in [3.05, 3.63) is 53.6 Å². The van der Waals surface area contributed by atoms with E-state index in [0.717, 1.165) is 0 Å². The van der Waals surface area contributed by atoms with E-state index in [1.165, 1.54) is 43.7 Å². The average molecular weight is 429 g/mol. The second kappa shape index (κ2) is 8.79. The van der Waals surface area contributed by atoms with Crippen LogP contribution in [0.3, 0.4) is 0 Å². The van der Waals surface area contributed by atoms with E-state index in [-0.39, 0.29) is 28.6 Å². The predicted octanol–water partition coefficient (Wildman–Crippen LogP) is 3.97. The number of carbonyl (C=O) groups is 3. The van der Waals surface area contributed by atoms with Crippen LogP contribution in [0.2, 0.25) is 5.02 Å². The smallest absolute Gasteiger partial charge is 0.309 e. The summed E-state index contributed by atoms with van der Waals surface area (Å²) in [7, 11) is 0. The molecule has 0 amide bonds. The molecule has 0 atom stereocenters. The zero-order valence-corrected chi connectivity index (χ0v) is 17.1. The molecule has 8 nitrogen and oxygen atoms in total. The van der Waals surface area contributed by atoms with Gasteiger partial charge in [0.2, 0.25) is 5.88 Å². The van der Waals surface area contributed by atoms with Crippen LogP contribution < -0.4 is 14.2 Å². The molecule has 0 spiro atoms. The molecule has 9 heteroatoms. The highest BCUT2D eigenvalue weighted by Gasteiger charge is 2.22. The SMILES string of the molecule is CC(=O)Oc1cccc(OC(C)=O)c1-c1cc(OC(C)=O)n(-c2ccc(Cl)cc2)n1. The summed E-state index contributed by atoms with van der Waals surface area (Å²) in [6, 6.07) is 12.8. The molecule has 0 bridgehead atoms. The van der Waals surface area contributed by atoms with E-state index in [2.05, 4.69) is 5.10 Å². The molecule has 0 radical (unpaired) electrons. The largest absolute Gasteiger partial charge is 0.426 e. The zero-order chi connectivity index (χ0) is 21.8. The van der Waals surface area contributed by atoms with Crippen LogP contribution in [0.5, 0.6) is 17.4 Å². The Kier molecular flexibility index (Phi) is 6.17. The van der Waals surface area contributed by atoms with Gasteiger partial charge in [0.15, 0.2) is 0 Å². The Morgan fingerprint density at radius 3 is 1.87 bits per heavy atom. The average Bonchev–Trinajstić information content (AvgIpc) is 3.04. The fourth-order valence-corrected chi connectivity index (χ4v) is 2.84. The van der Waals surface area contributed by atoms with E-state index in [0.29, 0.717) is 10.7 Å². The third-order valence-electron chi connectivity index (χ3n) is 3.75. The summed E-state index contributed by atoms with van der Waals surface area (Å²) in [5.41, 5.74) is 1.08. The van der Waals surface area contributed by atoms with E-state index in [4.69, 9.17) is 25.8 Å². The van der Waals surface area contributed by atoms with Crippen molar-refractivity contribution in [2.75, 3.05) is 0 Å². The Balaban J connectivity index is 2.21. The van der Waals surface area contributed by atoms with Gasteiger partial charge >= 0.3 is 17.9 Å². The highest BCUT2D eigenvalue weighted by Crippen LogP contribution is 2.40. The number of benzene rings is 2. The number of ether oxygens (including phenoxy) is 3. The molecule has 0 fully saturated rings. The molecule has 0 aliphatic carbocycles. The van der Waals surface area contributed by atoms with Gasteiger partial charge in [0, 0.05) is 31.9 Å². The normalized spacial score (nSPS) is 10.4. The van der Waals surface area contributed by atoms with Crippen LogP contribution in [-0.4, -0.2) is 27.7 Å². The molecule has 0 saturated heterocycles. The second-order valence-electron chi connectivity index (χ2n) is 6.17. The first-order chi connectivity index (χ1) is 14.2. The topological polar surface area (TPSA) is 96.7 Å². The van der Waals surface area contributed by atoms with Gasteiger partial charge in [-0.15, -0.1) is 0 Å². The van der Waals surface area contributed by atoms with Crippen molar-refractivity contribution in [3.63, 3.8) is 0 Å². The number of hydrogen-bond donors (Lipinski definition) is 0. The lowest BCUT2D eigenvalue weighted by molar-refractivity contribution is -0.133. The van der Waals surface area contributed by atoms with E-state index < -0.39 is 17.9 Å².